The molecule has 21 heavy (non-hydrogen) atoms. The Bertz CT molecular complexity index is 627. The highest BCUT2D eigenvalue weighted by molar-refractivity contribution is 5.85. The zero-order valence-corrected chi connectivity index (χ0v) is 12.5. The van der Waals surface area contributed by atoms with E-state index in [0.29, 0.717) is 18.4 Å². The molecule has 2 aromatic carbocycles. The topological polar surface area (TPSA) is 50.1 Å². The first-order valence-electron chi connectivity index (χ1n) is 6.39. The average Bonchev–Trinajstić information content (AvgIpc) is 2.53. The van der Waals surface area contributed by atoms with Gasteiger partial charge in [-0.15, -0.1) is 12.4 Å². The number of carbonyl (C=O) groups is 1. The van der Waals surface area contributed by atoms with Crippen molar-refractivity contribution < 1.29 is 9.53 Å². The van der Waals surface area contributed by atoms with Gasteiger partial charge in [-0.3, -0.25) is 4.79 Å². The summed E-state index contributed by atoms with van der Waals surface area (Å²) in [6.07, 6.45) is 1.08. The van der Waals surface area contributed by atoms with Gasteiger partial charge in [-0.05, 0) is 35.2 Å². The van der Waals surface area contributed by atoms with Crippen LogP contribution in [0.25, 0.3) is 11.1 Å². The van der Waals surface area contributed by atoms with E-state index in [9.17, 15) is 4.79 Å². The first-order valence-corrected chi connectivity index (χ1v) is 6.39. The molecule has 2 rings (SSSR count). The first kappa shape index (κ1) is 16.7. The molecule has 0 bridgehead atoms. The Morgan fingerprint density at radius 1 is 1.05 bits per heavy atom. The van der Waals surface area contributed by atoms with Crippen LogP contribution in [0.4, 0.5) is 0 Å². The van der Waals surface area contributed by atoms with E-state index in [1.54, 1.807) is 12.1 Å². The van der Waals surface area contributed by atoms with Crippen molar-refractivity contribution in [2.24, 2.45) is 0 Å². The van der Waals surface area contributed by atoms with Gasteiger partial charge >= 0.3 is 5.97 Å². The van der Waals surface area contributed by atoms with Crippen molar-refractivity contribution in [3.63, 3.8) is 0 Å². The molecule has 4 heteroatoms. The molecule has 0 aliphatic carbocycles. The summed E-state index contributed by atoms with van der Waals surface area (Å²) in [6.45, 7) is 0. The van der Waals surface area contributed by atoms with Gasteiger partial charge in [0.2, 0.25) is 0 Å². The standard InChI is InChI=1S/C17H15NO2.ClH/c1-20-17(19)11-6-13-2-7-15(8-3-13)16-9-4-14(12-18)5-10-16;/h2-5,7-10H,6,11H2,1H3;1H. The predicted octanol–water partition coefficient (Wildman–Crippen LogP) is 3.75. The second kappa shape index (κ2) is 8.08. The third-order valence-corrected chi connectivity index (χ3v) is 3.15. The number of carbonyl (C=O) groups excluding carboxylic acids is 1. The summed E-state index contributed by atoms with van der Waals surface area (Å²) in [5.41, 5.74) is 3.93. The fourth-order valence-electron chi connectivity index (χ4n) is 1.95. The van der Waals surface area contributed by atoms with Crippen LogP contribution < -0.4 is 0 Å². The molecule has 0 N–H and O–H groups in total. The molecular formula is C17H16ClNO2. The molecule has 0 atom stereocenters. The summed E-state index contributed by atoms with van der Waals surface area (Å²) in [5.74, 6) is -0.193. The molecule has 0 radical (unpaired) electrons. The van der Waals surface area contributed by atoms with Crippen LogP contribution in [0.3, 0.4) is 0 Å². The van der Waals surface area contributed by atoms with E-state index in [1.807, 2.05) is 36.4 Å². The van der Waals surface area contributed by atoms with E-state index in [4.69, 9.17) is 5.26 Å². The van der Waals surface area contributed by atoms with E-state index in [1.165, 1.54) is 7.11 Å². The second-order valence-corrected chi connectivity index (χ2v) is 4.46. The lowest BCUT2D eigenvalue weighted by atomic mass is 10.0. The monoisotopic (exact) mass is 301 g/mol. The molecule has 0 amide bonds. The van der Waals surface area contributed by atoms with Gasteiger partial charge in [-0.1, -0.05) is 36.4 Å². The molecule has 2 aromatic rings. The predicted molar refractivity (Wildman–Crippen MR) is 84.2 cm³/mol. The fraction of sp³-hybridized carbons (Fsp3) is 0.176. The van der Waals surface area contributed by atoms with Crippen molar-refractivity contribution >= 4 is 18.4 Å². The molecule has 0 heterocycles. The average molecular weight is 302 g/mol. The summed E-state index contributed by atoms with van der Waals surface area (Å²) >= 11 is 0. The van der Waals surface area contributed by atoms with E-state index in [0.717, 1.165) is 16.7 Å². The van der Waals surface area contributed by atoms with Gasteiger partial charge in [-0.2, -0.15) is 5.26 Å². The number of hydrogen-bond donors (Lipinski definition) is 0. The Morgan fingerprint density at radius 3 is 2.05 bits per heavy atom. The van der Waals surface area contributed by atoms with Crippen LogP contribution in [0, 0.1) is 11.3 Å². The highest BCUT2D eigenvalue weighted by Crippen LogP contribution is 2.20. The Hall–Kier alpha value is -2.31. The SMILES string of the molecule is COC(=O)CCc1ccc(-c2ccc(C#N)cc2)cc1.Cl. The van der Waals surface area contributed by atoms with Crippen LogP contribution in [0.1, 0.15) is 17.5 Å². The minimum absolute atomic E-state index is 0. The van der Waals surface area contributed by atoms with Crippen LogP contribution in [0.5, 0.6) is 0 Å². The third kappa shape index (κ3) is 4.62. The fourth-order valence-corrected chi connectivity index (χ4v) is 1.95. The molecule has 0 aliphatic heterocycles. The summed E-state index contributed by atoms with van der Waals surface area (Å²) in [6, 6.07) is 17.6. The largest absolute Gasteiger partial charge is 0.469 e. The lowest BCUT2D eigenvalue weighted by Crippen LogP contribution is -2.01. The molecule has 0 unspecified atom stereocenters. The minimum atomic E-state index is -0.193. The molecular weight excluding hydrogens is 286 g/mol. The van der Waals surface area contributed by atoms with Gasteiger partial charge in [-0.25, -0.2) is 0 Å². The summed E-state index contributed by atoms with van der Waals surface area (Å²) < 4.78 is 4.62. The quantitative estimate of drug-likeness (QED) is 0.808. The van der Waals surface area contributed by atoms with Crippen LogP contribution in [0.15, 0.2) is 48.5 Å². The number of aryl methyl sites for hydroxylation is 1. The Labute approximate surface area is 130 Å². The number of benzene rings is 2. The molecule has 0 spiro atoms. The lowest BCUT2D eigenvalue weighted by Gasteiger charge is -2.04. The van der Waals surface area contributed by atoms with E-state index < -0.39 is 0 Å². The minimum Gasteiger partial charge on any atom is -0.469 e. The van der Waals surface area contributed by atoms with E-state index in [2.05, 4.69) is 10.8 Å². The van der Waals surface area contributed by atoms with Crippen LogP contribution in [-0.2, 0) is 16.0 Å². The highest BCUT2D eigenvalue weighted by atomic mass is 35.5. The van der Waals surface area contributed by atoms with Crippen molar-refractivity contribution in [3.8, 4) is 17.2 Å². The van der Waals surface area contributed by atoms with E-state index >= 15 is 0 Å². The number of esters is 1. The van der Waals surface area contributed by atoms with Gasteiger partial charge < -0.3 is 4.74 Å². The number of ether oxygens (including phenoxy) is 1. The molecule has 0 aliphatic rings. The molecule has 0 fully saturated rings. The normalized spacial score (nSPS) is 9.33. The number of methoxy groups -OCH3 is 1. The summed E-state index contributed by atoms with van der Waals surface area (Å²) in [5, 5.41) is 8.77. The first-order chi connectivity index (χ1) is 9.72. The molecule has 0 aromatic heterocycles. The lowest BCUT2D eigenvalue weighted by molar-refractivity contribution is -0.140. The van der Waals surface area contributed by atoms with Gasteiger partial charge in [0.15, 0.2) is 0 Å². The van der Waals surface area contributed by atoms with Gasteiger partial charge in [0, 0.05) is 6.42 Å². The maximum atomic E-state index is 11.1. The van der Waals surface area contributed by atoms with Crippen molar-refractivity contribution in [2.45, 2.75) is 12.8 Å². The Morgan fingerprint density at radius 2 is 1.57 bits per heavy atom. The maximum Gasteiger partial charge on any atom is 0.305 e. The van der Waals surface area contributed by atoms with Crippen LogP contribution in [-0.4, -0.2) is 13.1 Å². The molecule has 0 saturated heterocycles. The number of nitrogens with zero attached hydrogens (tertiary/aromatic N) is 1. The van der Waals surface area contributed by atoms with Crippen molar-refractivity contribution in [2.75, 3.05) is 7.11 Å². The number of hydrogen-bond acceptors (Lipinski definition) is 3. The zero-order chi connectivity index (χ0) is 14.4. The Balaban J connectivity index is 0.00000220. The summed E-state index contributed by atoms with van der Waals surface area (Å²) in [4.78, 5) is 11.1. The number of rotatable bonds is 4. The smallest absolute Gasteiger partial charge is 0.305 e. The van der Waals surface area contributed by atoms with Crippen molar-refractivity contribution in [1.82, 2.24) is 0 Å². The molecule has 108 valence electrons. The maximum absolute atomic E-state index is 11.1. The van der Waals surface area contributed by atoms with Gasteiger partial charge in [0.1, 0.15) is 0 Å². The van der Waals surface area contributed by atoms with Crippen molar-refractivity contribution in [3.05, 3.63) is 59.7 Å². The zero-order valence-electron chi connectivity index (χ0n) is 11.7. The Kier molecular flexibility index (Phi) is 6.45. The van der Waals surface area contributed by atoms with Crippen LogP contribution in [0.2, 0.25) is 0 Å². The number of halogens is 1. The van der Waals surface area contributed by atoms with E-state index in [-0.39, 0.29) is 18.4 Å². The van der Waals surface area contributed by atoms with Gasteiger partial charge in [0.25, 0.3) is 0 Å². The van der Waals surface area contributed by atoms with Crippen molar-refractivity contribution in [1.29, 1.82) is 5.26 Å². The molecule has 0 saturated carbocycles. The number of nitriles is 1. The van der Waals surface area contributed by atoms with Gasteiger partial charge in [0.05, 0.1) is 18.7 Å². The third-order valence-electron chi connectivity index (χ3n) is 3.15. The summed E-state index contributed by atoms with van der Waals surface area (Å²) in [7, 11) is 1.40. The van der Waals surface area contributed by atoms with Crippen LogP contribution >= 0.6 is 12.4 Å². The second-order valence-electron chi connectivity index (χ2n) is 4.46. The molecule has 3 nitrogen and oxygen atoms in total. The highest BCUT2D eigenvalue weighted by Gasteiger charge is 2.02.